The van der Waals surface area contributed by atoms with Crippen LogP contribution in [-0.4, -0.2) is 41.3 Å². The van der Waals surface area contributed by atoms with Gasteiger partial charge in [-0.1, -0.05) is 6.07 Å². The van der Waals surface area contributed by atoms with Gasteiger partial charge in [0, 0.05) is 32.3 Å². The number of hydrogen-bond donors (Lipinski definition) is 0. The predicted molar refractivity (Wildman–Crippen MR) is 89.5 cm³/mol. The van der Waals surface area contributed by atoms with E-state index >= 15 is 0 Å². The maximum absolute atomic E-state index is 6.09. The summed E-state index contributed by atoms with van der Waals surface area (Å²) >= 11 is 0. The quantitative estimate of drug-likeness (QED) is 0.844. The SMILES string of the molecule is Cc1ccc(CN2CC3(CC(OCc4ccccn4)CCO3)C2)o1. The summed E-state index contributed by atoms with van der Waals surface area (Å²) in [6.45, 7) is 6.11. The Hall–Kier alpha value is -1.69. The molecule has 5 heteroatoms. The van der Waals surface area contributed by atoms with Gasteiger partial charge in [0.05, 0.1) is 30.6 Å². The van der Waals surface area contributed by atoms with Crippen LogP contribution < -0.4 is 0 Å². The molecule has 2 aromatic rings. The molecule has 128 valence electrons. The minimum atomic E-state index is -0.0331. The third kappa shape index (κ3) is 3.53. The molecule has 0 bridgehead atoms. The zero-order valence-corrected chi connectivity index (χ0v) is 14.1. The zero-order chi connectivity index (χ0) is 16.4. The highest BCUT2D eigenvalue weighted by molar-refractivity contribution is 5.08. The number of likely N-dealkylation sites (tertiary alicyclic amines) is 1. The van der Waals surface area contributed by atoms with E-state index in [0.717, 1.165) is 56.3 Å². The highest BCUT2D eigenvalue weighted by Gasteiger charge is 2.47. The Bertz CT molecular complexity index is 664. The van der Waals surface area contributed by atoms with Crippen LogP contribution in [0.1, 0.15) is 30.1 Å². The minimum absolute atomic E-state index is 0.0331. The van der Waals surface area contributed by atoms with Crippen LogP contribution >= 0.6 is 0 Å². The second kappa shape index (κ2) is 6.67. The monoisotopic (exact) mass is 328 g/mol. The first-order chi connectivity index (χ1) is 11.7. The number of nitrogens with zero attached hydrogens (tertiary/aromatic N) is 2. The Morgan fingerprint density at radius 2 is 2.21 bits per heavy atom. The van der Waals surface area contributed by atoms with Crippen LogP contribution in [0.25, 0.3) is 0 Å². The molecule has 2 aliphatic heterocycles. The molecule has 2 fully saturated rings. The first-order valence-corrected chi connectivity index (χ1v) is 8.64. The van der Waals surface area contributed by atoms with E-state index < -0.39 is 0 Å². The smallest absolute Gasteiger partial charge is 0.118 e. The van der Waals surface area contributed by atoms with Gasteiger partial charge in [-0.05, 0) is 37.6 Å². The molecule has 4 rings (SSSR count). The Morgan fingerprint density at radius 3 is 2.96 bits per heavy atom. The van der Waals surface area contributed by atoms with Crippen molar-refractivity contribution in [2.75, 3.05) is 19.7 Å². The molecule has 0 radical (unpaired) electrons. The molecule has 1 unspecified atom stereocenters. The molecule has 0 N–H and O–H groups in total. The largest absolute Gasteiger partial charge is 0.465 e. The summed E-state index contributed by atoms with van der Waals surface area (Å²) in [6.07, 6.45) is 4.00. The summed E-state index contributed by atoms with van der Waals surface area (Å²) in [7, 11) is 0. The normalized spacial score (nSPS) is 23.3. The number of aryl methyl sites for hydroxylation is 1. The van der Waals surface area contributed by atoms with Crippen molar-refractivity contribution in [3.05, 3.63) is 53.7 Å². The molecule has 0 aromatic carbocycles. The fourth-order valence-corrected chi connectivity index (χ4v) is 3.70. The van der Waals surface area contributed by atoms with E-state index in [1.54, 1.807) is 0 Å². The molecule has 0 amide bonds. The van der Waals surface area contributed by atoms with Crippen LogP contribution in [0.4, 0.5) is 0 Å². The zero-order valence-electron chi connectivity index (χ0n) is 14.1. The third-order valence-corrected chi connectivity index (χ3v) is 4.84. The van der Waals surface area contributed by atoms with Crippen LogP contribution in [0, 0.1) is 6.92 Å². The van der Waals surface area contributed by atoms with Crippen molar-refractivity contribution in [3.63, 3.8) is 0 Å². The van der Waals surface area contributed by atoms with Gasteiger partial charge in [0.2, 0.25) is 0 Å². The maximum atomic E-state index is 6.09. The van der Waals surface area contributed by atoms with Gasteiger partial charge >= 0.3 is 0 Å². The average molecular weight is 328 g/mol. The molecule has 1 atom stereocenters. The predicted octanol–water partition coefficient (Wildman–Crippen LogP) is 2.93. The van der Waals surface area contributed by atoms with Crippen molar-refractivity contribution in [1.29, 1.82) is 0 Å². The Balaban J connectivity index is 1.26. The molecule has 24 heavy (non-hydrogen) atoms. The molecule has 4 heterocycles. The second-order valence-electron chi connectivity index (χ2n) is 6.94. The number of ether oxygens (including phenoxy) is 2. The molecular weight excluding hydrogens is 304 g/mol. The molecule has 0 aliphatic carbocycles. The number of aromatic nitrogens is 1. The summed E-state index contributed by atoms with van der Waals surface area (Å²) in [5.41, 5.74) is 0.954. The fraction of sp³-hybridized carbons (Fsp3) is 0.526. The summed E-state index contributed by atoms with van der Waals surface area (Å²) in [5, 5.41) is 0. The van der Waals surface area contributed by atoms with Crippen LogP contribution in [0.15, 0.2) is 40.9 Å². The Morgan fingerprint density at radius 1 is 1.29 bits per heavy atom. The molecule has 0 saturated carbocycles. The minimum Gasteiger partial charge on any atom is -0.465 e. The van der Waals surface area contributed by atoms with Crippen LogP contribution in [0.2, 0.25) is 0 Å². The van der Waals surface area contributed by atoms with Crippen LogP contribution in [0.3, 0.4) is 0 Å². The first kappa shape index (κ1) is 15.8. The van der Waals surface area contributed by atoms with Gasteiger partial charge in [-0.3, -0.25) is 9.88 Å². The Labute approximate surface area is 142 Å². The van der Waals surface area contributed by atoms with Gasteiger partial charge in [0.1, 0.15) is 11.5 Å². The lowest BCUT2D eigenvalue weighted by Crippen LogP contribution is -2.65. The van der Waals surface area contributed by atoms with E-state index in [9.17, 15) is 0 Å². The standard InChI is InChI=1S/C19H24N2O3/c1-15-5-6-18(24-15)11-21-13-19(14-21)10-17(7-9-23-19)22-12-16-4-2-3-8-20-16/h2-6,8,17H,7,9-14H2,1H3. The number of hydrogen-bond acceptors (Lipinski definition) is 5. The summed E-state index contributed by atoms with van der Waals surface area (Å²) in [4.78, 5) is 6.69. The van der Waals surface area contributed by atoms with Gasteiger partial charge in [0.15, 0.2) is 0 Å². The lowest BCUT2D eigenvalue weighted by molar-refractivity contribution is -0.201. The van der Waals surface area contributed by atoms with Crippen molar-refractivity contribution in [2.45, 2.75) is 44.6 Å². The lowest BCUT2D eigenvalue weighted by atomic mass is 9.84. The van der Waals surface area contributed by atoms with Crippen molar-refractivity contribution in [3.8, 4) is 0 Å². The summed E-state index contributed by atoms with van der Waals surface area (Å²) < 4.78 is 17.8. The van der Waals surface area contributed by atoms with Gasteiger partial charge in [-0.15, -0.1) is 0 Å². The van der Waals surface area contributed by atoms with E-state index in [-0.39, 0.29) is 11.7 Å². The number of furan rings is 1. The number of pyridine rings is 1. The average Bonchev–Trinajstić information content (AvgIpc) is 2.98. The van der Waals surface area contributed by atoms with E-state index in [2.05, 4.69) is 16.0 Å². The van der Waals surface area contributed by atoms with E-state index in [4.69, 9.17) is 13.9 Å². The second-order valence-corrected chi connectivity index (χ2v) is 6.94. The van der Waals surface area contributed by atoms with Gasteiger partial charge in [0.25, 0.3) is 0 Å². The van der Waals surface area contributed by atoms with Crippen molar-refractivity contribution in [2.24, 2.45) is 0 Å². The van der Waals surface area contributed by atoms with E-state index in [0.29, 0.717) is 6.61 Å². The topological polar surface area (TPSA) is 47.7 Å². The van der Waals surface area contributed by atoms with Gasteiger partial charge < -0.3 is 13.9 Å². The van der Waals surface area contributed by atoms with Crippen molar-refractivity contribution >= 4 is 0 Å². The highest BCUT2D eigenvalue weighted by Crippen LogP contribution is 2.36. The first-order valence-electron chi connectivity index (χ1n) is 8.64. The van der Waals surface area contributed by atoms with E-state index in [1.807, 2.05) is 37.4 Å². The fourth-order valence-electron chi connectivity index (χ4n) is 3.70. The number of rotatable bonds is 5. The molecular formula is C19H24N2O3. The molecule has 1 spiro atoms. The maximum Gasteiger partial charge on any atom is 0.118 e. The summed E-state index contributed by atoms with van der Waals surface area (Å²) in [5.74, 6) is 2.00. The molecule has 2 aromatic heterocycles. The highest BCUT2D eigenvalue weighted by atomic mass is 16.5. The molecule has 5 nitrogen and oxygen atoms in total. The lowest BCUT2D eigenvalue weighted by Gasteiger charge is -2.53. The van der Waals surface area contributed by atoms with Gasteiger partial charge in [-0.2, -0.15) is 0 Å². The van der Waals surface area contributed by atoms with Crippen LogP contribution in [-0.2, 0) is 22.6 Å². The molecule has 2 saturated heterocycles. The molecule has 2 aliphatic rings. The van der Waals surface area contributed by atoms with E-state index in [1.165, 1.54) is 0 Å². The third-order valence-electron chi connectivity index (χ3n) is 4.84. The van der Waals surface area contributed by atoms with Crippen molar-refractivity contribution < 1.29 is 13.9 Å². The van der Waals surface area contributed by atoms with Crippen molar-refractivity contribution in [1.82, 2.24) is 9.88 Å². The van der Waals surface area contributed by atoms with Gasteiger partial charge in [-0.25, -0.2) is 0 Å². The summed E-state index contributed by atoms with van der Waals surface area (Å²) in [6, 6.07) is 10.0. The van der Waals surface area contributed by atoms with Crippen LogP contribution in [0.5, 0.6) is 0 Å². The Kier molecular flexibility index (Phi) is 4.39.